The lowest BCUT2D eigenvalue weighted by atomic mass is 10.2. The molecule has 1 N–H and O–H groups in total. The van der Waals surface area contributed by atoms with E-state index in [9.17, 15) is 4.79 Å². The first-order chi connectivity index (χ1) is 11.0. The van der Waals surface area contributed by atoms with E-state index in [4.69, 9.17) is 34.8 Å². The number of anilines is 1. The number of carbonyl (C=O) groups excluding carboxylic acids is 1. The number of hydrogen-bond donors (Lipinski definition) is 1. The largest absolute Gasteiger partial charge is 0.323 e. The van der Waals surface area contributed by atoms with Crippen LogP contribution in [0.5, 0.6) is 0 Å². The van der Waals surface area contributed by atoms with Crippen LogP contribution < -0.4 is 5.32 Å². The molecule has 7 heteroatoms. The highest BCUT2D eigenvalue weighted by Crippen LogP contribution is 2.41. The van der Waals surface area contributed by atoms with Gasteiger partial charge >= 0.3 is 6.03 Å². The molecule has 1 heterocycles. The number of nitrogens with one attached hydrogen (secondary N) is 1. The van der Waals surface area contributed by atoms with Gasteiger partial charge in [-0.3, -0.25) is 0 Å². The zero-order valence-electron chi connectivity index (χ0n) is 11.9. The van der Waals surface area contributed by atoms with Gasteiger partial charge in [-0.15, -0.1) is 11.8 Å². The van der Waals surface area contributed by atoms with Gasteiger partial charge in [0.1, 0.15) is 5.37 Å². The van der Waals surface area contributed by atoms with Crippen molar-refractivity contribution in [3.63, 3.8) is 0 Å². The molecule has 1 aliphatic rings. The first kappa shape index (κ1) is 16.8. The maximum absolute atomic E-state index is 12.6. The molecule has 0 radical (unpaired) electrons. The van der Waals surface area contributed by atoms with Crippen molar-refractivity contribution in [1.82, 2.24) is 4.90 Å². The van der Waals surface area contributed by atoms with Crippen molar-refractivity contribution in [3.05, 3.63) is 63.1 Å². The Kier molecular flexibility index (Phi) is 5.27. The molecule has 0 aliphatic carbocycles. The lowest BCUT2D eigenvalue weighted by Crippen LogP contribution is -2.34. The molecule has 1 fully saturated rings. The van der Waals surface area contributed by atoms with Gasteiger partial charge in [0, 0.05) is 38.6 Å². The molecule has 120 valence electrons. The molecule has 23 heavy (non-hydrogen) atoms. The summed E-state index contributed by atoms with van der Waals surface area (Å²) in [6.45, 7) is 0.660. The lowest BCUT2D eigenvalue weighted by Gasteiger charge is -2.25. The van der Waals surface area contributed by atoms with Crippen LogP contribution in [0.4, 0.5) is 10.5 Å². The molecule has 0 spiro atoms. The fourth-order valence-electron chi connectivity index (χ4n) is 2.37. The third kappa shape index (κ3) is 3.89. The predicted molar refractivity (Wildman–Crippen MR) is 98.8 cm³/mol. The Labute approximate surface area is 153 Å². The maximum Gasteiger partial charge on any atom is 0.323 e. The van der Waals surface area contributed by atoms with Crippen molar-refractivity contribution >= 4 is 58.3 Å². The molecule has 2 amide bonds. The normalized spacial score (nSPS) is 17.3. The Morgan fingerprint density at radius 2 is 1.78 bits per heavy atom. The summed E-state index contributed by atoms with van der Waals surface area (Å²) in [4.78, 5) is 14.3. The number of carbonyl (C=O) groups is 1. The number of nitrogens with zero attached hydrogens (tertiary/aromatic N) is 1. The number of benzene rings is 2. The number of amides is 2. The van der Waals surface area contributed by atoms with Gasteiger partial charge < -0.3 is 10.2 Å². The van der Waals surface area contributed by atoms with E-state index >= 15 is 0 Å². The van der Waals surface area contributed by atoms with Crippen LogP contribution in [0.1, 0.15) is 10.9 Å². The molecule has 0 aromatic heterocycles. The number of hydrogen-bond acceptors (Lipinski definition) is 2. The quantitative estimate of drug-likeness (QED) is 0.693. The number of urea groups is 1. The van der Waals surface area contributed by atoms with E-state index < -0.39 is 0 Å². The van der Waals surface area contributed by atoms with Crippen LogP contribution in [0.15, 0.2) is 42.5 Å². The van der Waals surface area contributed by atoms with Crippen LogP contribution in [-0.4, -0.2) is 23.2 Å². The minimum Gasteiger partial charge on any atom is -0.308 e. The topological polar surface area (TPSA) is 32.3 Å². The highest BCUT2D eigenvalue weighted by Gasteiger charge is 2.32. The molecule has 1 saturated heterocycles. The standard InChI is InChI=1S/C16H13Cl3N2OS/c17-10-1-4-12(5-2-10)20-16(22)21-7-8-23-15(21)13-6-3-11(18)9-14(13)19/h1-6,9,15H,7-8H2,(H,20,22)/t15-/m0/s1. The van der Waals surface area contributed by atoms with Crippen LogP contribution >= 0.6 is 46.6 Å². The lowest BCUT2D eigenvalue weighted by molar-refractivity contribution is 0.214. The third-order valence-electron chi connectivity index (χ3n) is 3.48. The van der Waals surface area contributed by atoms with E-state index in [0.29, 0.717) is 27.3 Å². The van der Waals surface area contributed by atoms with E-state index in [-0.39, 0.29) is 11.4 Å². The molecule has 0 bridgehead atoms. The van der Waals surface area contributed by atoms with Crippen LogP contribution in [0, 0.1) is 0 Å². The SMILES string of the molecule is O=C(Nc1ccc(Cl)cc1)N1CCS[C@H]1c1ccc(Cl)cc1Cl. The maximum atomic E-state index is 12.6. The van der Waals surface area contributed by atoms with Crippen LogP contribution in [0.2, 0.25) is 15.1 Å². The Bertz CT molecular complexity index is 724. The molecule has 1 atom stereocenters. The average molecular weight is 388 g/mol. The molecule has 1 aliphatic heterocycles. The molecular weight excluding hydrogens is 375 g/mol. The van der Waals surface area contributed by atoms with Crippen molar-refractivity contribution in [2.45, 2.75) is 5.37 Å². The predicted octanol–water partition coefficient (Wildman–Crippen LogP) is 5.93. The van der Waals surface area contributed by atoms with Crippen molar-refractivity contribution in [2.75, 3.05) is 17.6 Å². The van der Waals surface area contributed by atoms with E-state index in [1.165, 1.54) is 0 Å². The van der Waals surface area contributed by atoms with E-state index in [0.717, 1.165) is 11.3 Å². The number of thioether (sulfide) groups is 1. The second kappa shape index (κ2) is 7.22. The van der Waals surface area contributed by atoms with Crippen LogP contribution in [-0.2, 0) is 0 Å². The van der Waals surface area contributed by atoms with Gasteiger partial charge in [0.2, 0.25) is 0 Å². The van der Waals surface area contributed by atoms with E-state index in [2.05, 4.69) is 5.32 Å². The first-order valence-corrected chi connectivity index (χ1v) is 9.12. The Morgan fingerprint density at radius 3 is 2.48 bits per heavy atom. The van der Waals surface area contributed by atoms with Crippen molar-refractivity contribution in [3.8, 4) is 0 Å². The summed E-state index contributed by atoms with van der Waals surface area (Å²) in [7, 11) is 0. The summed E-state index contributed by atoms with van der Waals surface area (Å²) in [5, 5.41) is 4.55. The van der Waals surface area contributed by atoms with E-state index in [1.54, 1.807) is 53.1 Å². The molecule has 0 saturated carbocycles. The minimum absolute atomic E-state index is 0.118. The molecule has 3 nitrogen and oxygen atoms in total. The van der Waals surface area contributed by atoms with Crippen LogP contribution in [0.25, 0.3) is 0 Å². The molecular formula is C16H13Cl3N2OS. The zero-order chi connectivity index (χ0) is 16.4. The van der Waals surface area contributed by atoms with Gasteiger partial charge in [0.25, 0.3) is 0 Å². The van der Waals surface area contributed by atoms with Crippen molar-refractivity contribution in [2.24, 2.45) is 0 Å². The van der Waals surface area contributed by atoms with Gasteiger partial charge in [0.05, 0.1) is 0 Å². The monoisotopic (exact) mass is 386 g/mol. The highest BCUT2D eigenvalue weighted by molar-refractivity contribution is 7.99. The summed E-state index contributed by atoms with van der Waals surface area (Å²) < 4.78 is 0. The minimum atomic E-state index is -0.159. The fraction of sp³-hybridized carbons (Fsp3) is 0.188. The van der Waals surface area contributed by atoms with Gasteiger partial charge in [-0.1, -0.05) is 40.9 Å². The van der Waals surface area contributed by atoms with Crippen molar-refractivity contribution < 1.29 is 4.79 Å². The smallest absolute Gasteiger partial charge is 0.308 e. The molecule has 3 rings (SSSR count). The molecule has 2 aromatic carbocycles. The fourth-order valence-corrected chi connectivity index (χ4v) is 4.36. The summed E-state index contributed by atoms with van der Waals surface area (Å²) in [5.41, 5.74) is 1.60. The molecule has 0 unspecified atom stereocenters. The summed E-state index contributed by atoms with van der Waals surface area (Å²) >= 11 is 19.8. The second-order valence-corrected chi connectivity index (χ2v) is 7.49. The Hall–Kier alpha value is -1.07. The Balaban J connectivity index is 1.78. The summed E-state index contributed by atoms with van der Waals surface area (Å²) in [5.74, 6) is 0.859. The van der Waals surface area contributed by atoms with Crippen LogP contribution in [0.3, 0.4) is 0 Å². The first-order valence-electron chi connectivity index (χ1n) is 6.94. The Morgan fingerprint density at radius 1 is 1.09 bits per heavy atom. The van der Waals surface area contributed by atoms with Gasteiger partial charge in [-0.25, -0.2) is 4.79 Å². The average Bonchev–Trinajstić information content (AvgIpc) is 2.99. The second-order valence-electron chi connectivity index (χ2n) is 5.02. The number of rotatable bonds is 2. The zero-order valence-corrected chi connectivity index (χ0v) is 15.0. The summed E-state index contributed by atoms with van der Waals surface area (Å²) in [6, 6.07) is 12.2. The number of halogens is 3. The van der Waals surface area contributed by atoms with Gasteiger partial charge in [0.15, 0.2) is 0 Å². The molecule has 2 aromatic rings. The van der Waals surface area contributed by atoms with Gasteiger partial charge in [-0.05, 0) is 36.4 Å². The summed E-state index contributed by atoms with van der Waals surface area (Å²) in [6.07, 6.45) is 0. The van der Waals surface area contributed by atoms with Gasteiger partial charge in [-0.2, -0.15) is 0 Å². The van der Waals surface area contributed by atoms with Crippen molar-refractivity contribution in [1.29, 1.82) is 0 Å². The highest BCUT2D eigenvalue weighted by atomic mass is 35.5. The third-order valence-corrected chi connectivity index (χ3v) is 5.53. The van der Waals surface area contributed by atoms with E-state index in [1.807, 2.05) is 6.07 Å².